The normalized spacial score (nSPS) is 11.8. The van der Waals surface area contributed by atoms with Gasteiger partial charge < -0.3 is 5.11 Å². The van der Waals surface area contributed by atoms with Crippen LogP contribution in [0, 0.1) is 3.57 Å². The Kier molecular flexibility index (Phi) is 4.87. The second-order valence-corrected chi connectivity index (χ2v) is 4.27. The zero-order valence-electron chi connectivity index (χ0n) is 8.24. The lowest BCUT2D eigenvalue weighted by Crippen LogP contribution is -2.31. The Morgan fingerprint density at radius 3 is 2.88 bits per heavy atom. The fourth-order valence-corrected chi connectivity index (χ4v) is 1.55. The summed E-state index contributed by atoms with van der Waals surface area (Å²) in [5.41, 5.74) is -0.778. The first-order valence-corrected chi connectivity index (χ1v) is 5.54. The highest BCUT2D eigenvalue weighted by atomic mass is 127. The third-order valence-electron chi connectivity index (χ3n) is 2.00. The Balaban J connectivity index is 2.87. The molecule has 0 aliphatic heterocycles. The zero-order chi connectivity index (χ0) is 12.1. The Morgan fingerprint density at radius 2 is 2.31 bits per heavy atom. The minimum Gasteiger partial charge on any atom is -0.392 e. The minimum absolute atomic E-state index is 0.202. The molecule has 5 nitrogen and oxygen atoms in total. The van der Waals surface area contributed by atoms with Crippen molar-refractivity contribution >= 4 is 22.6 Å². The summed E-state index contributed by atoms with van der Waals surface area (Å²) in [5.74, 6) is 0. The van der Waals surface area contributed by atoms with Gasteiger partial charge in [-0.1, -0.05) is 0 Å². The van der Waals surface area contributed by atoms with Crippen LogP contribution in [0.4, 0.5) is 4.39 Å². The van der Waals surface area contributed by atoms with Crippen LogP contribution in [0.2, 0.25) is 0 Å². The molecule has 0 unspecified atom stereocenters. The predicted octanol–water partition coefficient (Wildman–Crippen LogP) is 0.377. The van der Waals surface area contributed by atoms with Gasteiger partial charge >= 0.3 is 5.69 Å². The summed E-state index contributed by atoms with van der Waals surface area (Å²) in [6.45, 7) is -0.173. The van der Waals surface area contributed by atoms with Crippen molar-refractivity contribution in [2.24, 2.45) is 0 Å². The molecule has 0 aliphatic rings. The molecule has 0 bridgehead atoms. The molecule has 0 fully saturated rings. The van der Waals surface area contributed by atoms with Gasteiger partial charge in [-0.15, -0.1) is 0 Å². The molecule has 1 heterocycles. The Hall–Kier alpha value is -0.960. The van der Waals surface area contributed by atoms with Crippen LogP contribution in [0.1, 0.15) is 6.42 Å². The highest BCUT2D eigenvalue weighted by molar-refractivity contribution is 14.1. The lowest BCUT2D eigenvalue weighted by molar-refractivity contribution is 0.321. The molecule has 88 valence electrons. The standard InChI is InChI=1S/C9H10FIN2O3/c10-3-6(5-14)1-2-13-4-7(11)8(15)12-9(13)16/h3-4,14H,1-2,5H2,(H,12,15,16). The van der Waals surface area contributed by atoms with Gasteiger partial charge in [0.25, 0.3) is 5.56 Å². The van der Waals surface area contributed by atoms with E-state index in [9.17, 15) is 14.0 Å². The number of hydrogen-bond acceptors (Lipinski definition) is 3. The fourth-order valence-electron chi connectivity index (χ4n) is 1.08. The van der Waals surface area contributed by atoms with Crippen LogP contribution >= 0.6 is 22.6 Å². The van der Waals surface area contributed by atoms with Crippen LogP contribution in [0.15, 0.2) is 27.7 Å². The third-order valence-corrected chi connectivity index (χ3v) is 2.77. The number of aromatic amines is 1. The van der Waals surface area contributed by atoms with Crippen molar-refractivity contribution in [1.29, 1.82) is 0 Å². The van der Waals surface area contributed by atoms with Crippen LogP contribution in [-0.2, 0) is 6.54 Å². The number of aliphatic hydroxyl groups excluding tert-OH is 1. The van der Waals surface area contributed by atoms with Gasteiger partial charge in [0.1, 0.15) is 0 Å². The highest BCUT2D eigenvalue weighted by Crippen LogP contribution is 2.02. The molecular weight excluding hydrogens is 330 g/mol. The largest absolute Gasteiger partial charge is 0.392 e. The SMILES string of the molecule is O=c1[nH]c(=O)n(CCC(=CF)CO)cc1I. The molecule has 1 rings (SSSR count). The zero-order valence-corrected chi connectivity index (χ0v) is 10.4. The van der Waals surface area contributed by atoms with Gasteiger partial charge in [0.2, 0.25) is 0 Å². The van der Waals surface area contributed by atoms with Crippen LogP contribution < -0.4 is 11.2 Å². The highest BCUT2D eigenvalue weighted by Gasteiger charge is 2.03. The van der Waals surface area contributed by atoms with Gasteiger partial charge in [0.15, 0.2) is 0 Å². The molecule has 0 saturated carbocycles. The summed E-state index contributed by atoms with van der Waals surface area (Å²) < 4.78 is 13.8. The van der Waals surface area contributed by atoms with E-state index in [1.165, 1.54) is 10.8 Å². The molecule has 1 aromatic heterocycles. The number of aliphatic hydroxyl groups is 1. The average Bonchev–Trinajstić information content (AvgIpc) is 2.26. The predicted molar refractivity (Wildman–Crippen MR) is 64.9 cm³/mol. The van der Waals surface area contributed by atoms with E-state index in [2.05, 4.69) is 4.98 Å². The van der Waals surface area contributed by atoms with Crippen molar-refractivity contribution in [3.63, 3.8) is 0 Å². The van der Waals surface area contributed by atoms with Gasteiger partial charge in [-0.2, -0.15) is 0 Å². The number of halogens is 2. The molecule has 7 heteroatoms. The van der Waals surface area contributed by atoms with Crippen LogP contribution in [0.25, 0.3) is 0 Å². The Labute approximate surface area is 104 Å². The molecule has 0 atom stereocenters. The summed E-state index contributed by atoms with van der Waals surface area (Å²) >= 11 is 1.80. The molecule has 0 saturated heterocycles. The molecule has 0 amide bonds. The maximum atomic E-state index is 12.1. The van der Waals surface area contributed by atoms with Crippen LogP contribution in [-0.4, -0.2) is 21.3 Å². The summed E-state index contributed by atoms with van der Waals surface area (Å²) in [6.07, 6.45) is 1.94. The lowest BCUT2D eigenvalue weighted by Gasteiger charge is -2.05. The first-order valence-electron chi connectivity index (χ1n) is 4.46. The molecule has 1 aromatic rings. The van der Waals surface area contributed by atoms with Gasteiger partial charge in [-0.3, -0.25) is 14.3 Å². The summed E-state index contributed by atoms with van der Waals surface area (Å²) in [6, 6.07) is 0. The number of nitrogens with one attached hydrogen (secondary N) is 1. The van der Waals surface area contributed by atoms with Crippen molar-refractivity contribution in [3.8, 4) is 0 Å². The van der Waals surface area contributed by atoms with E-state index in [0.717, 1.165) is 0 Å². The van der Waals surface area contributed by atoms with Gasteiger partial charge in [-0.05, 0) is 34.6 Å². The van der Waals surface area contributed by atoms with Crippen LogP contribution in [0.5, 0.6) is 0 Å². The maximum Gasteiger partial charge on any atom is 0.328 e. The average molecular weight is 340 g/mol. The van der Waals surface area contributed by atoms with Crippen molar-refractivity contribution in [2.75, 3.05) is 6.61 Å². The number of nitrogens with zero attached hydrogens (tertiary/aromatic N) is 1. The van der Waals surface area contributed by atoms with Crippen molar-refractivity contribution in [3.05, 3.63) is 42.5 Å². The number of aryl methyl sites for hydroxylation is 1. The molecule has 0 aromatic carbocycles. The molecule has 0 radical (unpaired) electrons. The number of rotatable bonds is 4. The van der Waals surface area contributed by atoms with E-state index < -0.39 is 11.2 Å². The first-order chi connectivity index (χ1) is 7.58. The monoisotopic (exact) mass is 340 g/mol. The van der Waals surface area contributed by atoms with Gasteiger partial charge in [-0.25, -0.2) is 9.18 Å². The first kappa shape index (κ1) is 13.1. The van der Waals surface area contributed by atoms with Crippen molar-refractivity contribution in [1.82, 2.24) is 9.55 Å². The molecule has 0 spiro atoms. The molecule has 2 N–H and O–H groups in total. The second-order valence-electron chi connectivity index (χ2n) is 3.11. The quantitative estimate of drug-likeness (QED) is 0.778. The van der Waals surface area contributed by atoms with Gasteiger partial charge in [0.05, 0.1) is 16.5 Å². The van der Waals surface area contributed by atoms with E-state index in [1.54, 1.807) is 22.6 Å². The van der Waals surface area contributed by atoms with Crippen molar-refractivity contribution in [2.45, 2.75) is 13.0 Å². The fraction of sp³-hybridized carbons (Fsp3) is 0.333. The molecular formula is C9H10FIN2O3. The number of hydrogen-bond donors (Lipinski definition) is 2. The number of aromatic nitrogens is 2. The van der Waals surface area contributed by atoms with E-state index in [1.807, 2.05) is 0 Å². The second kappa shape index (κ2) is 5.94. The van der Waals surface area contributed by atoms with E-state index in [-0.39, 0.29) is 25.1 Å². The maximum absolute atomic E-state index is 12.1. The van der Waals surface area contributed by atoms with E-state index in [0.29, 0.717) is 9.90 Å². The van der Waals surface area contributed by atoms with E-state index >= 15 is 0 Å². The Bertz CT molecular complexity index is 506. The Morgan fingerprint density at radius 1 is 1.62 bits per heavy atom. The molecule has 16 heavy (non-hydrogen) atoms. The van der Waals surface area contributed by atoms with Gasteiger partial charge in [0, 0.05) is 12.7 Å². The van der Waals surface area contributed by atoms with E-state index in [4.69, 9.17) is 5.11 Å². The van der Waals surface area contributed by atoms with Crippen molar-refractivity contribution < 1.29 is 9.50 Å². The smallest absolute Gasteiger partial charge is 0.328 e. The minimum atomic E-state index is -0.540. The number of H-pyrrole nitrogens is 1. The van der Waals surface area contributed by atoms with Crippen LogP contribution in [0.3, 0.4) is 0 Å². The topological polar surface area (TPSA) is 75.1 Å². The molecule has 0 aliphatic carbocycles. The third kappa shape index (κ3) is 3.27. The summed E-state index contributed by atoms with van der Waals surface area (Å²) in [5, 5.41) is 8.72. The lowest BCUT2D eigenvalue weighted by atomic mass is 10.2. The summed E-state index contributed by atoms with van der Waals surface area (Å²) in [4.78, 5) is 24.5. The summed E-state index contributed by atoms with van der Waals surface area (Å²) in [7, 11) is 0.